The van der Waals surface area contributed by atoms with Gasteiger partial charge in [0, 0.05) is 16.0 Å². The van der Waals surface area contributed by atoms with Gasteiger partial charge >= 0.3 is 0 Å². The lowest BCUT2D eigenvalue weighted by atomic mass is 9.94. The van der Waals surface area contributed by atoms with Crippen LogP contribution in [0.15, 0.2) is 41.0 Å². The third kappa shape index (κ3) is 1.62. The van der Waals surface area contributed by atoms with Crippen molar-refractivity contribution in [3.8, 4) is 0 Å². The summed E-state index contributed by atoms with van der Waals surface area (Å²) in [7, 11) is 0. The summed E-state index contributed by atoms with van der Waals surface area (Å²) < 4.78 is 5.62. The van der Waals surface area contributed by atoms with Crippen LogP contribution < -0.4 is 0 Å². The fourth-order valence-corrected chi connectivity index (χ4v) is 2.59. The van der Waals surface area contributed by atoms with Gasteiger partial charge in [0.15, 0.2) is 0 Å². The molecule has 0 saturated carbocycles. The highest BCUT2D eigenvalue weighted by molar-refractivity contribution is 6.31. The van der Waals surface area contributed by atoms with E-state index in [9.17, 15) is 0 Å². The first-order valence-corrected chi connectivity index (χ1v) is 6.14. The maximum absolute atomic E-state index is 6.05. The van der Waals surface area contributed by atoms with E-state index in [-0.39, 0.29) is 0 Å². The second kappa shape index (κ2) is 3.78. The molecule has 0 amide bonds. The van der Waals surface area contributed by atoms with Crippen molar-refractivity contribution in [3.05, 3.63) is 47.2 Å². The lowest BCUT2D eigenvalue weighted by molar-refractivity contribution is 0.608. The van der Waals surface area contributed by atoms with Gasteiger partial charge in [0.2, 0.25) is 0 Å². The van der Waals surface area contributed by atoms with Crippen LogP contribution in [-0.4, -0.2) is 0 Å². The maximum Gasteiger partial charge on any atom is 0.137 e. The van der Waals surface area contributed by atoms with Crippen molar-refractivity contribution < 1.29 is 4.42 Å². The van der Waals surface area contributed by atoms with Gasteiger partial charge in [-0.3, -0.25) is 0 Å². The van der Waals surface area contributed by atoms with Crippen molar-refractivity contribution in [1.29, 1.82) is 0 Å². The standard InChI is InChI=1S/C15H13ClO/c1-9(2)14-13-4-3-12(16)8-11(13)7-10-5-6-17-15(10)14/h3-9H,1-2H3. The molecule has 2 heteroatoms. The van der Waals surface area contributed by atoms with E-state index >= 15 is 0 Å². The molecule has 17 heavy (non-hydrogen) atoms. The molecule has 1 aromatic heterocycles. The zero-order chi connectivity index (χ0) is 12.0. The fourth-order valence-electron chi connectivity index (χ4n) is 2.41. The quantitative estimate of drug-likeness (QED) is 0.561. The molecule has 0 saturated heterocycles. The first kappa shape index (κ1) is 10.7. The maximum atomic E-state index is 6.05. The normalized spacial score (nSPS) is 11.8. The smallest absolute Gasteiger partial charge is 0.137 e. The van der Waals surface area contributed by atoms with Crippen molar-refractivity contribution in [1.82, 2.24) is 0 Å². The summed E-state index contributed by atoms with van der Waals surface area (Å²) in [6, 6.07) is 10.2. The molecule has 0 spiro atoms. The van der Waals surface area contributed by atoms with Crippen LogP contribution >= 0.6 is 11.6 Å². The summed E-state index contributed by atoms with van der Waals surface area (Å²) in [4.78, 5) is 0. The molecule has 2 aromatic carbocycles. The second-order valence-electron chi connectivity index (χ2n) is 4.65. The zero-order valence-corrected chi connectivity index (χ0v) is 10.6. The summed E-state index contributed by atoms with van der Waals surface area (Å²) in [5.74, 6) is 0.425. The van der Waals surface area contributed by atoms with Crippen LogP contribution in [0.4, 0.5) is 0 Å². The van der Waals surface area contributed by atoms with Crippen LogP contribution in [0, 0.1) is 0 Å². The molecule has 1 nitrogen and oxygen atoms in total. The fraction of sp³-hybridized carbons (Fsp3) is 0.200. The third-order valence-electron chi connectivity index (χ3n) is 3.13. The molecule has 3 aromatic rings. The molecular weight excluding hydrogens is 232 g/mol. The molecule has 0 unspecified atom stereocenters. The Balaban J connectivity index is 2.53. The minimum Gasteiger partial charge on any atom is -0.464 e. The third-order valence-corrected chi connectivity index (χ3v) is 3.37. The van der Waals surface area contributed by atoms with Gasteiger partial charge in [0.25, 0.3) is 0 Å². The summed E-state index contributed by atoms with van der Waals surface area (Å²) in [6.07, 6.45) is 1.75. The molecular formula is C15H13ClO. The Morgan fingerprint density at radius 3 is 2.65 bits per heavy atom. The van der Waals surface area contributed by atoms with Gasteiger partial charge < -0.3 is 4.42 Å². The Bertz CT molecular complexity index is 695. The van der Waals surface area contributed by atoms with Gasteiger partial charge in [0.1, 0.15) is 5.58 Å². The van der Waals surface area contributed by atoms with Crippen LogP contribution in [0.3, 0.4) is 0 Å². The molecule has 0 fully saturated rings. The number of rotatable bonds is 1. The first-order chi connectivity index (χ1) is 8.16. The number of fused-ring (bicyclic) bond motifs is 2. The number of halogens is 1. The molecule has 0 aliphatic heterocycles. The van der Waals surface area contributed by atoms with E-state index in [1.54, 1.807) is 6.26 Å². The number of benzene rings is 2. The lowest BCUT2D eigenvalue weighted by Crippen LogP contribution is -1.90. The Hall–Kier alpha value is -1.47. The average molecular weight is 245 g/mol. The van der Waals surface area contributed by atoms with Crippen LogP contribution in [0.2, 0.25) is 5.02 Å². The molecule has 0 radical (unpaired) electrons. The second-order valence-corrected chi connectivity index (χ2v) is 5.09. The van der Waals surface area contributed by atoms with E-state index in [1.165, 1.54) is 16.3 Å². The number of hydrogen-bond donors (Lipinski definition) is 0. The SMILES string of the molecule is CC(C)c1c2ccc(Cl)cc2cc2ccoc12. The first-order valence-electron chi connectivity index (χ1n) is 5.76. The lowest BCUT2D eigenvalue weighted by Gasteiger charge is -2.11. The van der Waals surface area contributed by atoms with Crippen LogP contribution in [0.5, 0.6) is 0 Å². The average Bonchev–Trinajstić information content (AvgIpc) is 2.72. The van der Waals surface area contributed by atoms with Gasteiger partial charge in [-0.05, 0) is 41.0 Å². The van der Waals surface area contributed by atoms with Crippen molar-refractivity contribution in [2.45, 2.75) is 19.8 Å². The van der Waals surface area contributed by atoms with E-state index in [0.29, 0.717) is 5.92 Å². The van der Waals surface area contributed by atoms with Crippen molar-refractivity contribution in [3.63, 3.8) is 0 Å². The van der Waals surface area contributed by atoms with Gasteiger partial charge in [0.05, 0.1) is 6.26 Å². The van der Waals surface area contributed by atoms with Crippen LogP contribution in [0.1, 0.15) is 25.3 Å². The Morgan fingerprint density at radius 1 is 1.06 bits per heavy atom. The molecule has 1 heterocycles. The number of furan rings is 1. The largest absolute Gasteiger partial charge is 0.464 e. The molecule has 3 rings (SSSR count). The molecule has 0 N–H and O–H groups in total. The molecule has 86 valence electrons. The Kier molecular flexibility index (Phi) is 2.37. The predicted molar refractivity (Wildman–Crippen MR) is 72.8 cm³/mol. The monoisotopic (exact) mass is 244 g/mol. The van der Waals surface area contributed by atoms with Crippen LogP contribution in [0.25, 0.3) is 21.7 Å². The summed E-state index contributed by atoms with van der Waals surface area (Å²) >= 11 is 6.05. The predicted octanol–water partition coefficient (Wildman–Crippen LogP) is 5.36. The zero-order valence-electron chi connectivity index (χ0n) is 9.83. The van der Waals surface area contributed by atoms with E-state index in [2.05, 4.69) is 26.0 Å². The summed E-state index contributed by atoms with van der Waals surface area (Å²) in [6.45, 7) is 4.37. The van der Waals surface area contributed by atoms with Crippen molar-refractivity contribution in [2.75, 3.05) is 0 Å². The minimum atomic E-state index is 0.425. The minimum absolute atomic E-state index is 0.425. The van der Waals surface area contributed by atoms with E-state index in [1.807, 2.05) is 18.2 Å². The van der Waals surface area contributed by atoms with Crippen molar-refractivity contribution in [2.24, 2.45) is 0 Å². The van der Waals surface area contributed by atoms with Gasteiger partial charge in [-0.2, -0.15) is 0 Å². The Labute approximate surface area is 105 Å². The topological polar surface area (TPSA) is 13.1 Å². The molecule has 0 aliphatic carbocycles. The van der Waals surface area contributed by atoms with E-state index in [0.717, 1.165) is 16.0 Å². The Morgan fingerprint density at radius 2 is 1.88 bits per heavy atom. The highest BCUT2D eigenvalue weighted by Crippen LogP contribution is 2.35. The molecule has 0 bridgehead atoms. The van der Waals surface area contributed by atoms with Gasteiger partial charge in [-0.25, -0.2) is 0 Å². The van der Waals surface area contributed by atoms with E-state index < -0.39 is 0 Å². The highest BCUT2D eigenvalue weighted by atomic mass is 35.5. The summed E-state index contributed by atoms with van der Waals surface area (Å²) in [5.41, 5.74) is 2.26. The van der Waals surface area contributed by atoms with Crippen molar-refractivity contribution >= 4 is 33.3 Å². The molecule has 0 aliphatic rings. The highest BCUT2D eigenvalue weighted by Gasteiger charge is 2.13. The van der Waals surface area contributed by atoms with Gasteiger partial charge in [-0.15, -0.1) is 0 Å². The van der Waals surface area contributed by atoms with Gasteiger partial charge in [-0.1, -0.05) is 31.5 Å². The molecule has 0 atom stereocenters. The summed E-state index contributed by atoms with van der Waals surface area (Å²) in [5, 5.41) is 4.32. The van der Waals surface area contributed by atoms with Crippen LogP contribution in [-0.2, 0) is 0 Å². The van der Waals surface area contributed by atoms with E-state index in [4.69, 9.17) is 16.0 Å². The number of hydrogen-bond acceptors (Lipinski definition) is 1.